The van der Waals surface area contributed by atoms with Crippen molar-refractivity contribution in [1.29, 1.82) is 0 Å². The number of hydrogen-bond donors (Lipinski definition) is 2. The summed E-state index contributed by atoms with van der Waals surface area (Å²) >= 11 is 0. The van der Waals surface area contributed by atoms with Crippen molar-refractivity contribution >= 4 is 23.3 Å². The van der Waals surface area contributed by atoms with Crippen LogP contribution in [0, 0.1) is 0 Å². The lowest BCUT2D eigenvalue weighted by Gasteiger charge is -2.20. The van der Waals surface area contributed by atoms with Gasteiger partial charge in [-0.15, -0.1) is 0 Å². The van der Waals surface area contributed by atoms with E-state index in [9.17, 15) is 9.59 Å². The van der Waals surface area contributed by atoms with Gasteiger partial charge < -0.3 is 21.1 Å². The molecule has 1 aromatic rings. The molecule has 1 aliphatic carbocycles. The van der Waals surface area contributed by atoms with Gasteiger partial charge in [-0.1, -0.05) is 0 Å². The molecule has 6 heteroatoms. The number of likely N-dealkylation sites (N-methyl/N-ethyl adjacent to an activating group) is 1. The molecule has 0 spiro atoms. The third kappa shape index (κ3) is 3.20. The first-order valence-electron chi connectivity index (χ1n) is 6.64. The number of hydrogen-bond acceptors (Lipinski definition) is 5. The van der Waals surface area contributed by atoms with Crippen molar-refractivity contribution in [3.8, 4) is 0 Å². The van der Waals surface area contributed by atoms with Crippen LogP contribution in [0.2, 0.25) is 0 Å². The Morgan fingerprint density at radius 2 is 2.05 bits per heavy atom. The maximum atomic E-state index is 11.9. The van der Waals surface area contributed by atoms with Gasteiger partial charge in [0.2, 0.25) is 0 Å². The summed E-state index contributed by atoms with van der Waals surface area (Å²) in [7, 11) is 0. The Kier molecular flexibility index (Phi) is 4.12. The second-order valence-corrected chi connectivity index (χ2v) is 4.83. The lowest BCUT2D eigenvalue weighted by molar-refractivity contribution is -0.134. The van der Waals surface area contributed by atoms with Crippen LogP contribution in [0.5, 0.6) is 0 Å². The second kappa shape index (κ2) is 5.81. The number of carbonyl (C=O) groups is 2. The second-order valence-electron chi connectivity index (χ2n) is 4.83. The van der Waals surface area contributed by atoms with Crippen LogP contribution in [0.25, 0.3) is 0 Å². The monoisotopic (exact) mass is 277 g/mol. The number of rotatable bonds is 5. The van der Waals surface area contributed by atoms with E-state index in [-0.39, 0.29) is 23.8 Å². The smallest absolute Gasteiger partial charge is 0.340 e. The highest BCUT2D eigenvalue weighted by molar-refractivity contribution is 5.96. The number of ether oxygens (including phenoxy) is 1. The molecule has 1 amide bonds. The van der Waals surface area contributed by atoms with Gasteiger partial charge in [-0.25, -0.2) is 4.79 Å². The third-order valence-corrected chi connectivity index (χ3v) is 3.27. The first-order chi connectivity index (χ1) is 9.52. The summed E-state index contributed by atoms with van der Waals surface area (Å²) in [5, 5.41) is 0. The van der Waals surface area contributed by atoms with Crippen molar-refractivity contribution in [2.75, 3.05) is 24.6 Å². The normalized spacial score (nSPS) is 13.8. The largest absolute Gasteiger partial charge is 0.452 e. The predicted molar refractivity (Wildman–Crippen MR) is 76.0 cm³/mol. The van der Waals surface area contributed by atoms with Crippen molar-refractivity contribution in [3.63, 3.8) is 0 Å². The molecule has 4 N–H and O–H groups in total. The summed E-state index contributed by atoms with van der Waals surface area (Å²) in [5.74, 6) is -0.778. The molecule has 0 atom stereocenters. The number of nitrogens with zero attached hydrogens (tertiary/aromatic N) is 1. The van der Waals surface area contributed by atoms with Crippen LogP contribution < -0.4 is 11.5 Å². The van der Waals surface area contributed by atoms with Crippen LogP contribution in [-0.4, -0.2) is 36.0 Å². The van der Waals surface area contributed by atoms with Crippen molar-refractivity contribution < 1.29 is 14.3 Å². The average molecular weight is 277 g/mol. The first kappa shape index (κ1) is 14.2. The fourth-order valence-electron chi connectivity index (χ4n) is 2.08. The Balaban J connectivity index is 1.92. The minimum absolute atomic E-state index is 0.169. The predicted octanol–water partition coefficient (Wildman–Crippen LogP) is 1.02. The van der Waals surface area contributed by atoms with Crippen LogP contribution in [0.3, 0.4) is 0 Å². The van der Waals surface area contributed by atoms with E-state index in [1.54, 1.807) is 11.0 Å². The molecule has 0 radical (unpaired) electrons. The SMILES string of the molecule is CCN(C(=O)COC(=O)c1ccc(N)cc1N)C1CC1. The molecule has 0 heterocycles. The highest BCUT2D eigenvalue weighted by Gasteiger charge is 2.31. The quantitative estimate of drug-likeness (QED) is 0.618. The number of benzene rings is 1. The Bertz CT molecular complexity index is 526. The molecule has 108 valence electrons. The number of amides is 1. The summed E-state index contributed by atoms with van der Waals surface area (Å²) in [5.41, 5.74) is 12.2. The minimum Gasteiger partial charge on any atom is -0.452 e. The van der Waals surface area contributed by atoms with E-state index >= 15 is 0 Å². The van der Waals surface area contributed by atoms with Gasteiger partial charge in [-0.05, 0) is 38.0 Å². The van der Waals surface area contributed by atoms with Crippen LogP contribution >= 0.6 is 0 Å². The molecule has 20 heavy (non-hydrogen) atoms. The highest BCUT2D eigenvalue weighted by atomic mass is 16.5. The average Bonchev–Trinajstić information content (AvgIpc) is 3.21. The fourth-order valence-corrected chi connectivity index (χ4v) is 2.08. The lowest BCUT2D eigenvalue weighted by Crippen LogP contribution is -2.36. The van der Waals surface area contributed by atoms with Gasteiger partial charge in [0, 0.05) is 24.0 Å². The molecule has 1 aliphatic rings. The van der Waals surface area contributed by atoms with E-state index in [4.69, 9.17) is 16.2 Å². The lowest BCUT2D eigenvalue weighted by atomic mass is 10.1. The zero-order valence-corrected chi connectivity index (χ0v) is 11.5. The van der Waals surface area contributed by atoms with E-state index in [0.717, 1.165) is 12.8 Å². The fraction of sp³-hybridized carbons (Fsp3) is 0.429. The van der Waals surface area contributed by atoms with E-state index in [0.29, 0.717) is 18.3 Å². The Hall–Kier alpha value is -2.24. The number of esters is 1. The van der Waals surface area contributed by atoms with Crippen molar-refractivity contribution in [3.05, 3.63) is 23.8 Å². The summed E-state index contributed by atoms with van der Waals surface area (Å²) in [6.45, 7) is 2.29. The molecule has 0 aromatic heterocycles. The van der Waals surface area contributed by atoms with Gasteiger partial charge in [0.15, 0.2) is 6.61 Å². The van der Waals surface area contributed by atoms with Crippen LogP contribution in [-0.2, 0) is 9.53 Å². The highest BCUT2D eigenvalue weighted by Crippen LogP contribution is 2.26. The molecule has 1 aromatic carbocycles. The summed E-state index contributed by atoms with van der Waals surface area (Å²) in [6, 6.07) is 4.86. The molecular weight excluding hydrogens is 258 g/mol. The molecule has 0 bridgehead atoms. The Morgan fingerprint density at radius 3 is 2.60 bits per heavy atom. The van der Waals surface area contributed by atoms with E-state index in [1.807, 2.05) is 6.92 Å². The van der Waals surface area contributed by atoms with Gasteiger partial charge in [0.05, 0.1) is 5.56 Å². The van der Waals surface area contributed by atoms with E-state index in [2.05, 4.69) is 0 Å². The zero-order valence-electron chi connectivity index (χ0n) is 11.5. The minimum atomic E-state index is -0.609. The standard InChI is InChI=1S/C14H19N3O3/c1-2-17(10-4-5-10)13(18)8-20-14(19)11-6-3-9(15)7-12(11)16/h3,6-7,10H,2,4-5,8,15-16H2,1H3. The maximum Gasteiger partial charge on any atom is 0.340 e. The van der Waals surface area contributed by atoms with Crippen LogP contribution in [0.1, 0.15) is 30.1 Å². The molecule has 1 saturated carbocycles. The van der Waals surface area contributed by atoms with Crippen molar-refractivity contribution in [2.24, 2.45) is 0 Å². The molecule has 0 aliphatic heterocycles. The molecule has 0 unspecified atom stereocenters. The number of carbonyl (C=O) groups excluding carboxylic acids is 2. The number of nitrogens with two attached hydrogens (primary N) is 2. The van der Waals surface area contributed by atoms with Gasteiger partial charge in [-0.2, -0.15) is 0 Å². The molecule has 6 nitrogen and oxygen atoms in total. The van der Waals surface area contributed by atoms with E-state index in [1.165, 1.54) is 12.1 Å². The molecule has 2 rings (SSSR count). The first-order valence-corrected chi connectivity index (χ1v) is 6.64. The Labute approximate surface area is 117 Å². The topological polar surface area (TPSA) is 98.6 Å². The molecule has 0 saturated heterocycles. The van der Waals surface area contributed by atoms with Crippen molar-refractivity contribution in [2.45, 2.75) is 25.8 Å². The van der Waals surface area contributed by atoms with Gasteiger partial charge in [0.1, 0.15) is 0 Å². The zero-order chi connectivity index (χ0) is 14.7. The number of nitrogen functional groups attached to an aromatic ring is 2. The van der Waals surface area contributed by atoms with E-state index < -0.39 is 5.97 Å². The van der Waals surface area contributed by atoms with Crippen LogP contribution in [0.15, 0.2) is 18.2 Å². The summed E-state index contributed by atoms with van der Waals surface area (Å²) < 4.78 is 5.02. The Morgan fingerprint density at radius 1 is 1.35 bits per heavy atom. The summed E-state index contributed by atoms with van der Waals surface area (Å²) in [4.78, 5) is 25.5. The summed E-state index contributed by atoms with van der Waals surface area (Å²) in [6.07, 6.45) is 2.05. The van der Waals surface area contributed by atoms with Gasteiger partial charge in [-0.3, -0.25) is 4.79 Å². The maximum absolute atomic E-state index is 11.9. The third-order valence-electron chi connectivity index (χ3n) is 3.27. The molecule has 1 fully saturated rings. The van der Waals surface area contributed by atoms with Gasteiger partial charge in [0.25, 0.3) is 5.91 Å². The van der Waals surface area contributed by atoms with Crippen LogP contribution in [0.4, 0.5) is 11.4 Å². The molecular formula is C14H19N3O3. The van der Waals surface area contributed by atoms with Crippen molar-refractivity contribution in [1.82, 2.24) is 4.90 Å². The van der Waals surface area contributed by atoms with Gasteiger partial charge >= 0.3 is 5.97 Å². The number of anilines is 2.